The van der Waals surface area contributed by atoms with Gasteiger partial charge in [0.05, 0.1) is 5.39 Å². The second-order valence-electron chi connectivity index (χ2n) is 5.33. The molecule has 0 spiro atoms. The van der Waals surface area contributed by atoms with E-state index in [2.05, 4.69) is 40.5 Å². The van der Waals surface area contributed by atoms with Crippen molar-refractivity contribution in [1.82, 2.24) is 9.97 Å². The molecule has 0 aliphatic heterocycles. The zero-order valence-corrected chi connectivity index (χ0v) is 12.5. The fourth-order valence-electron chi connectivity index (χ4n) is 2.67. The monoisotopic (exact) mass is 276 g/mol. The van der Waals surface area contributed by atoms with Crippen molar-refractivity contribution in [3.63, 3.8) is 0 Å². The molecule has 0 amide bonds. The number of hydrogen-bond acceptors (Lipinski definition) is 5. The molecule has 102 valence electrons. The molecule has 1 saturated carbocycles. The summed E-state index contributed by atoms with van der Waals surface area (Å²) in [5.74, 6) is 1.68. The molecule has 3 rings (SSSR count). The van der Waals surface area contributed by atoms with Crippen LogP contribution >= 0.6 is 11.3 Å². The van der Waals surface area contributed by atoms with Gasteiger partial charge in [0, 0.05) is 17.5 Å². The molecule has 1 aliphatic rings. The summed E-state index contributed by atoms with van der Waals surface area (Å²) in [6.07, 6.45) is 4.95. The number of nitrogens with one attached hydrogen (secondary N) is 2. The fourth-order valence-corrected chi connectivity index (χ4v) is 3.55. The van der Waals surface area contributed by atoms with Crippen LogP contribution in [-0.2, 0) is 0 Å². The van der Waals surface area contributed by atoms with Crippen LogP contribution in [0.4, 0.5) is 11.8 Å². The number of fused-ring (bicyclic) bond motifs is 1. The van der Waals surface area contributed by atoms with Gasteiger partial charge in [0.2, 0.25) is 5.95 Å². The van der Waals surface area contributed by atoms with Crippen molar-refractivity contribution < 1.29 is 0 Å². The Bertz CT molecular complexity index is 595. The second-order valence-corrected chi connectivity index (χ2v) is 6.57. The molecule has 0 saturated heterocycles. The van der Waals surface area contributed by atoms with Crippen LogP contribution in [0.3, 0.4) is 0 Å². The van der Waals surface area contributed by atoms with E-state index in [0.717, 1.165) is 22.5 Å². The normalized spacial score (nSPS) is 17.2. The zero-order chi connectivity index (χ0) is 13.5. The lowest BCUT2D eigenvalue weighted by Crippen LogP contribution is -2.44. The average Bonchev–Trinajstić information content (AvgIpc) is 2.73. The highest BCUT2D eigenvalue weighted by atomic mass is 32.1. The minimum absolute atomic E-state index is 0.252. The second kappa shape index (κ2) is 4.63. The summed E-state index contributed by atoms with van der Waals surface area (Å²) in [4.78, 5) is 11.5. The number of anilines is 2. The van der Waals surface area contributed by atoms with Gasteiger partial charge in [-0.3, -0.25) is 0 Å². The summed E-state index contributed by atoms with van der Waals surface area (Å²) in [5.41, 5.74) is 0.252. The number of rotatable bonds is 4. The summed E-state index contributed by atoms with van der Waals surface area (Å²) >= 11 is 1.72. The number of aryl methyl sites for hydroxylation is 1. The third-order valence-electron chi connectivity index (χ3n) is 4.11. The number of thiophene rings is 1. The lowest BCUT2D eigenvalue weighted by Gasteiger charge is -2.42. The van der Waals surface area contributed by atoms with E-state index in [0.29, 0.717) is 5.95 Å². The Morgan fingerprint density at radius 3 is 2.74 bits per heavy atom. The minimum Gasteiger partial charge on any atom is -0.364 e. The number of aromatic nitrogens is 2. The lowest BCUT2D eigenvalue weighted by atomic mass is 9.75. The lowest BCUT2D eigenvalue weighted by molar-refractivity contribution is 0.269. The van der Waals surface area contributed by atoms with Crippen LogP contribution in [0.15, 0.2) is 6.07 Å². The van der Waals surface area contributed by atoms with Crippen molar-refractivity contribution in [2.75, 3.05) is 17.7 Å². The SMILES string of the molecule is CCC1(Nc2nc(NC)nc3sc(C)cc23)CCC1. The quantitative estimate of drug-likeness (QED) is 0.892. The van der Waals surface area contributed by atoms with Gasteiger partial charge in [-0.1, -0.05) is 6.92 Å². The minimum atomic E-state index is 0.252. The predicted molar refractivity (Wildman–Crippen MR) is 82.2 cm³/mol. The third-order valence-corrected chi connectivity index (χ3v) is 5.05. The Morgan fingerprint density at radius 2 is 2.16 bits per heavy atom. The molecule has 0 radical (unpaired) electrons. The molecule has 5 heteroatoms. The Labute approximate surface area is 117 Å². The van der Waals surface area contributed by atoms with Crippen molar-refractivity contribution in [2.45, 2.75) is 45.1 Å². The summed E-state index contributed by atoms with van der Waals surface area (Å²) in [7, 11) is 1.87. The molecule has 1 fully saturated rings. The molecule has 0 atom stereocenters. The smallest absolute Gasteiger partial charge is 0.225 e. The highest BCUT2D eigenvalue weighted by Crippen LogP contribution is 2.40. The molecule has 2 aromatic heterocycles. The first kappa shape index (κ1) is 12.7. The Morgan fingerprint density at radius 1 is 1.37 bits per heavy atom. The first-order valence-electron chi connectivity index (χ1n) is 6.90. The molecule has 19 heavy (non-hydrogen) atoms. The van der Waals surface area contributed by atoms with Gasteiger partial charge >= 0.3 is 0 Å². The van der Waals surface area contributed by atoms with Crippen molar-refractivity contribution >= 4 is 33.3 Å². The Kier molecular flexibility index (Phi) is 3.09. The van der Waals surface area contributed by atoms with Crippen molar-refractivity contribution in [3.05, 3.63) is 10.9 Å². The van der Waals surface area contributed by atoms with Gasteiger partial charge in [-0.15, -0.1) is 11.3 Å². The van der Waals surface area contributed by atoms with E-state index in [1.807, 2.05) is 7.05 Å². The molecule has 0 unspecified atom stereocenters. The van der Waals surface area contributed by atoms with E-state index in [-0.39, 0.29) is 5.54 Å². The van der Waals surface area contributed by atoms with Crippen molar-refractivity contribution in [3.8, 4) is 0 Å². The van der Waals surface area contributed by atoms with E-state index < -0.39 is 0 Å². The van der Waals surface area contributed by atoms with Crippen LogP contribution in [0.5, 0.6) is 0 Å². The first-order valence-corrected chi connectivity index (χ1v) is 7.71. The van der Waals surface area contributed by atoms with Gasteiger partial charge in [-0.25, -0.2) is 4.98 Å². The van der Waals surface area contributed by atoms with Crippen LogP contribution in [0.2, 0.25) is 0 Å². The fraction of sp³-hybridized carbons (Fsp3) is 0.571. The van der Waals surface area contributed by atoms with Crippen LogP contribution in [0.25, 0.3) is 10.2 Å². The van der Waals surface area contributed by atoms with E-state index >= 15 is 0 Å². The van der Waals surface area contributed by atoms with Gasteiger partial charge in [0.15, 0.2) is 0 Å². The highest BCUT2D eigenvalue weighted by molar-refractivity contribution is 7.18. The van der Waals surface area contributed by atoms with Crippen LogP contribution in [0.1, 0.15) is 37.5 Å². The molecule has 0 aromatic carbocycles. The molecule has 1 aliphatic carbocycles. The molecular weight excluding hydrogens is 256 g/mol. The van der Waals surface area contributed by atoms with Crippen molar-refractivity contribution in [1.29, 1.82) is 0 Å². The van der Waals surface area contributed by atoms with Crippen molar-refractivity contribution in [2.24, 2.45) is 0 Å². The van der Waals surface area contributed by atoms with Gasteiger partial charge in [-0.05, 0) is 38.7 Å². The van der Waals surface area contributed by atoms with Gasteiger partial charge in [-0.2, -0.15) is 4.98 Å². The van der Waals surface area contributed by atoms with Crippen LogP contribution < -0.4 is 10.6 Å². The maximum absolute atomic E-state index is 4.62. The van der Waals surface area contributed by atoms with Crippen LogP contribution in [-0.4, -0.2) is 22.6 Å². The van der Waals surface area contributed by atoms with Crippen LogP contribution in [0, 0.1) is 6.92 Å². The molecular formula is C14H20N4S. The summed E-state index contributed by atoms with van der Waals surface area (Å²) in [6.45, 7) is 4.37. The standard InChI is InChI=1S/C14H20N4S/c1-4-14(6-5-7-14)18-11-10-8-9(2)19-12(10)17-13(15-3)16-11/h8H,4-7H2,1-3H3,(H2,15,16,17,18). The zero-order valence-electron chi connectivity index (χ0n) is 11.7. The highest BCUT2D eigenvalue weighted by Gasteiger charge is 2.35. The predicted octanol–water partition coefficient (Wildman–Crippen LogP) is 3.79. The maximum Gasteiger partial charge on any atom is 0.225 e. The summed E-state index contributed by atoms with van der Waals surface area (Å²) in [6, 6.07) is 2.18. The third kappa shape index (κ3) is 2.16. The molecule has 0 bridgehead atoms. The summed E-state index contributed by atoms with van der Waals surface area (Å²) in [5, 5.41) is 7.90. The number of nitrogens with zero attached hydrogens (tertiary/aromatic N) is 2. The molecule has 4 nitrogen and oxygen atoms in total. The Balaban J connectivity index is 2.05. The van der Waals surface area contributed by atoms with Gasteiger partial charge in [0.25, 0.3) is 0 Å². The molecule has 2 N–H and O–H groups in total. The Hall–Kier alpha value is -1.36. The van der Waals surface area contributed by atoms with E-state index in [1.165, 1.54) is 24.1 Å². The molecule has 2 heterocycles. The van der Waals surface area contributed by atoms with Gasteiger partial charge < -0.3 is 10.6 Å². The van der Waals surface area contributed by atoms with E-state index in [1.54, 1.807) is 11.3 Å². The topological polar surface area (TPSA) is 49.8 Å². The molecule has 2 aromatic rings. The largest absolute Gasteiger partial charge is 0.364 e. The first-order chi connectivity index (χ1) is 9.15. The average molecular weight is 276 g/mol. The summed E-state index contributed by atoms with van der Waals surface area (Å²) < 4.78 is 0. The maximum atomic E-state index is 4.62. The number of hydrogen-bond donors (Lipinski definition) is 2. The van der Waals surface area contributed by atoms with E-state index in [4.69, 9.17) is 0 Å². The van der Waals surface area contributed by atoms with E-state index in [9.17, 15) is 0 Å². The van der Waals surface area contributed by atoms with Gasteiger partial charge in [0.1, 0.15) is 10.6 Å².